The quantitative estimate of drug-likeness (QED) is 0.833. The van der Waals surface area contributed by atoms with Crippen LogP contribution in [0.5, 0.6) is 0 Å². The molecule has 4 heteroatoms. The molecule has 1 saturated carbocycles. The van der Waals surface area contributed by atoms with Gasteiger partial charge in [0.25, 0.3) is 0 Å². The molecule has 0 aliphatic heterocycles. The summed E-state index contributed by atoms with van der Waals surface area (Å²) in [5, 5.41) is 9.34. The average Bonchev–Trinajstić information content (AvgIpc) is 2.29. The predicted octanol–water partition coefficient (Wildman–Crippen LogP) is 3.60. The first kappa shape index (κ1) is 13.3. The third kappa shape index (κ3) is 2.82. The van der Waals surface area contributed by atoms with E-state index < -0.39 is 5.82 Å². The molecule has 0 unspecified atom stereocenters. The lowest BCUT2D eigenvalue weighted by molar-refractivity contribution is 0.134. The van der Waals surface area contributed by atoms with Gasteiger partial charge in [-0.15, -0.1) is 0 Å². The first-order valence-corrected chi connectivity index (χ1v) is 6.46. The summed E-state index contributed by atoms with van der Waals surface area (Å²) in [5.74, 6) is -0.393. The molecular weight excluding hydrogens is 251 g/mol. The maximum Gasteiger partial charge on any atom is 0.141 e. The molecule has 2 rings (SSSR count). The first-order chi connectivity index (χ1) is 8.54. The van der Waals surface area contributed by atoms with Crippen molar-refractivity contribution in [2.75, 3.05) is 13.6 Å². The van der Waals surface area contributed by atoms with Crippen LogP contribution in [-0.4, -0.2) is 18.5 Å². The van der Waals surface area contributed by atoms with Gasteiger partial charge in [-0.2, -0.15) is 5.26 Å². The smallest absolute Gasteiger partial charge is 0.141 e. The standard InChI is InChI=1S/C14H16ClFN2/c1-18(10-14(9-17)5-2-6-14)8-11-3-4-13(16)12(15)7-11/h3-4,7H,2,5-6,8,10H2,1H3. The Morgan fingerprint density at radius 1 is 1.50 bits per heavy atom. The lowest BCUT2D eigenvalue weighted by Crippen LogP contribution is -2.39. The minimum atomic E-state index is -0.393. The monoisotopic (exact) mass is 266 g/mol. The van der Waals surface area contributed by atoms with Crippen molar-refractivity contribution in [1.29, 1.82) is 5.26 Å². The van der Waals surface area contributed by atoms with Crippen molar-refractivity contribution in [1.82, 2.24) is 4.90 Å². The van der Waals surface area contributed by atoms with Crippen LogP contribution in [0.2, 0.25) is 5.02 Å². The molecule has 2 nitrogen and oxygen atoms in total. The summed E-state index contributed by atoms with van der Waals surface area (Å²) in [5.41, 5.74) is 0.801. The number of rotatable bonds is 4. The van der Waals surface area contributed by atoms with E-state index in [0.29, 0.717) is 6.54 Å². The molecule has 1 aliphatic carbocycles. The van der Waals surface area contributed by atoms with Crippen molar-refractivity contribution in [3.8, 4) is 6.07 Å². The molecule has 0 amide bonds. The molecule has 0 saturated heterocycles. The molecule has 18 heavy (non-hydrogen) atoms. The van der Waals surface area contributed by atoms with Crippen LogP contribution in [0.4, 0.5) is 4.39 Å². The highest BCUT2D eigenvalue weighted by molar-refractivity contribution is 6.30. The van der Waals surface area contributed by atoms with Crippen LogP contribution >= 0.6 is 11.6 Å². The molecule has 1 fully saturated rings. The van der Waals surface area contributed by atoms with Crippen molar-refractivity contribution in [3.63, 3.8) is 0 Å². The fourth-order valence-electron chi connectivity index (χ4n) is 2.43. The molecule has 0 N–H and O–H groups in total. The summed E-state index contributed by atoms with van der Waals surface area (Å²) in [6.45, 7) is 1.45. The highest BCUT2D eigenvalue weighted by Crippen LogP contribution is 2.40. The molecule has 0 radical (unpaired) electrons. The second-order valence-corrected chi connectivity index (χ2v) is 5.57. The molecule has 0 bridgehead atoms. The SMILES string of the molecule is CN(Cc1ccc(F)c(Cl)c1)CC1(C#N)CCC1. The lowest BCUT2D eigenvalue weighted by atomic mass is 9.69. The van der Waals surface area contributed by atoms with Crippen LogP contribution in [-0.2, 0) is 6.54 Å². The fraction of sp³-hybridized carbons (Fsp3) is 0.500. The van der Waals surface area contributed by atoms with E-state index in [9.17, 15) is 9.65 Å². The van der Waals surface area contributed by atoms with Crippen LogP contribution in [0, 0.1) is 22.6 Å². The van der Waals surface area contributed by atoms with Gasteiger partial charge in [0.05, 0.1) is 16.5 Å². The van der Waals surface area contributed by atoms with E-state index >= 15 is 0 Å². The first-order valence-electron chi connectivity index (χ1n) is 6.08. The highest BCUT2D eigenvalue weighted by atomic mass is 35.5. The Morgan fingerprint density at radius 2 is 2.22 bits per heavy atom. The summed E-state index contributed by atoms with van der Waals surface area (Å²) < 4.78 is 13.0. The topological polar surface area (TPSA) is 27.0 Å². The second-order valence-electron chi connectivity index (χ2n) is 5.17. The Kier molecular flexibility index (Phi) is 3.89. The van der Waals surface area contributed by atoms with E-state index in [1.54, 1.807) is 12.1 Å². The predicted molar refractivity (Wildman–Crippen MR) is 69.6 cm³/mol. The number of hydrogen-bond donors (Lipinski definition) is 0. The van der Waals surface area contributed by atoms with Gasteiger partial charge in [-0.05, 0) is 37.6 Å². The Bertz CT molecular complexity index is 477. The Hall–Kier alpha value is -1.11. The minimum absolute atomic E-state index is 0.152. The Labute approximate surface area is 112 Å². The average molecular weight is 267 g/mol. The summed E-state index contributed by atoms with van der Waals surface area (Å²) in [6, 6.07) is 7.19. The van der Waals surface area contributed by atoms with Crippen molar-refractivity contribution in [2.45, 2.75) is 25.8 Å². The van der Waals surface area contributed by atoms with Crippen LogP contribution in [0.1, 0.15) is 24.8 Å². The number of benzene rings is 1. The number of hydrogen-bond acceptors (Lipinski definition) is 2. The lowest BCUT2D eigenvalue weighted by Gasteiger charge is -2.38. The number of nitrogens with zero attached hydrogens (tertiary/aromatic N) is 2. The summed E-state index contributed by atoms with van der Waals surface area (Å²) in [7, 11) is 1.98. The molecule has 1 aromatic rings. The fourth-order valence-corrected chi connectivity index (χ4v) is 2.63. The van der Waals surface area contributed by atoms with Crippen LogP contribution in [0.25, 0.3) is 0 Å². The summed E-state index contributed by atoms with van der Waals surface area (Å²) in [4.78, 5) is 2.10. The van der Waals surface area contributed by atoms with Gasteiger partial charge in [0.15, 0.2) is 0 Å². The Balaban J connectivity index is 1.97. The van der Waals surface area contributed by atoms with E-state index in [1.807, 2.05) is 7.05 Å². The van der Waals surface area contributed by atoms with E-state index in [4.69, 9.17) is 11.6 Å². The van der Waals surface area contributed by atoms with E-state index in [2.05, 4.69) is 11.0 Å². The van der Waals surface area contributed by atoms with Gasteiger partial charge >= 0.3 is 0 Å². The van der Waals surface area contributed by atoms with Gasteiger partial charge in [0.2, 0.25) is 0 Å². The molecule has 1 aliphatic rings. The molecule has 96 valence electrons. The van der Waals surface area contributed by atoms with Crippen molar-refractivity contribution >= 4 is 11.6 Å². The van der Waals surface area contributed by atoms with Crippen LogP contribution in [0.3, 0.4) is 0 Å². The maximum atomic E-state index is 13.0. The molecule has 0 aromatic heterocycles. The third-order valence-corrected chi connectivity index (χ3v) is 3.85. The zero-order valence-corrected chi connectivity index (χ0v) is 11.2. The van der Waals surface area contributed by atoms with Crippen molar-refractivity contribution < 1.29 is 4.39 Å². The molecule has 0 atom stereocenters. The van der Waals surface area contributed by atoms with Gasteiger partial charge in [0.1, 0.15) is 5.82 Å². The highest BCUT2D eigenvalue weighted by Gasteiger charge is 2.37. The molecular formula is C14H16ClFN2. The zero-order valence-electron chi connectivity index (χ0n) is 10.4. The van der Waals surface area contributed by atoms with E-state index in [0.717, 1.165) is 31.4 Å². The third-order valence-electron chi connectivity index (χ3n) is 3.56. The van der Waals surface area contributed by atoms with E-state index in [1.165, 1.54) is 6.07 Å². The summed E-state index contributed by atoms with van der Waals surface area (Å²) >= 11 is 5.75. The maximum absolute atomic E-state index is 13.0. The van der Waals surface area contributed by atoms with Gasteiger partial charge < -0.3 is 4.90 Å². The van der Waals surface area contributed by atoms with Crippen molar-refractivity contribution in [3.05, 3.63) is 34.6 Å². The van der Waals surface area contributed by atoms with Gasteiger partial charge in [-0.25, -0.2) is 4.39 Å². The molecule has 0 heterocycles. The molecule has 0 spiro atoms. The van der Waals surface area contributed by atoms with Gasteiger partial charge in [0, 0.05) is 13.1 Å². The zero-order chi connectivity index (χ0) is 13.2. The number of nitriles is 1. The van der Waals surface area contributed by atoms with Gasteiger partial charge in [-0.1, -0.05) is 24.1 Å². The van der Waals surface area contributed by atoms with E-state index in [-0.39, 0.29) is 10.4 Å². The summed E-state index contributed by atoms with van der Waals surface area (Å²) in [6.07, 6.45) is 3.11. The Morgan fingerprint density at radius 3 is 2.72 bits per heavy atom. The normalized spacial score (nSPS) is 17.3. The largest absolute Gasteiger partial charge is 0.301 e. The molecule has 1 aromatic carbocycles. The van der Waals surface area contributed by atoms with Crippen molar-refractivity contribution in [2.24, 2.45) is 5.41 Å². The van der Waals surface area contributed by atoms with Crippen LogP contribution < -0.4 is 0 Å². The minimum Gasteiger partial charge on any atom is -0.301 e. The van der Waals surface area contributed by atoms with Gasteiger partial charge in [-0.3, -0.25) is 0 Å². The second kappa shape index (κ2) is 5.26. The number of halogens is 2. The van der Waals surface area contributed by atoms with Crippen LogP contribution in [0.15, 0.2) is 18.2 Å².